The van der Waals surface area contributed by atoms with Crippen molar-refractivity contribution in [1.82, 2.24) is 10.2 Å². The third-order valence-corrected chi connectivity index (χ3v) is 4.97. The van der Waals surface area contributed by atoms with Crippen molar-refractivity contribution < 1.29 is 14.3 Å². The molecule has 0 atom stereocenters. The number of likely N-dealkylation sites (tertiary alicyclic amines) is 1. The van der Waals surface area contributed by atoms with Crippen LogP contribution in [0.25, 0.3) is 0 Å². The second-order valence-corrected chi connectivity index (χ2v) is 7.04. The molecule has 0 aliphatic carbocycles. The molecule has 26 heavy (non-hydrogen) atoms. The van der Waals surface area contributed by atoms with Crippen LogP contribution in [0.1, 0.15) is 54.9 Å². The van der Waals surface area contributed by atoms with Gasteiger partial charge in [-0.2, -0.15) is 0 Å². The lowest BCUT2D eigenvalue weighted by molar-refractivity contribution is -0.121. The van der Waals surface area contributed by atoms with E-state index in [0.29, 0.717) is 25.5 Å². The standard InChI is InChI=1S/C21H32N2O3/c1-3-26-16-4-13-22-20(24)10-7-18-11-14-23(15-12-18)21(25)19-8-5-17(2)6-9-19/h5-6,8-9,18H,3-4,7,10-16H2,1-2H3,(H,22,24). The first kappa shape index (κ1) is 20.4. The van der Waals surface area contributed by atoms with E-state index < -0.39 is 0 Å². The number of hydrogen-bond donors (Lipinski definition) is 1. The Balaban J connectivity index is 1.63. The maximum atomic E-state index is 12.5. The van der Waals surface area contributed by atoms with Crippen molar-refractivity contribution in [2.75, 3.05) is 32.8 Å². The average Bonchev–Trinajstić information content (AvgIpc) is 2.66. The highest BCUT2D eigenvalue weighted by Crippen LogP contribution is 2.23. The Morgan fingerprint density at radius 1 is 1.19 bits per heavy atom. The van der Waals surface area contributed by atoms with Crippen molar-refractivity contribution in [3.8, 4) is 0 Å². The van der Waals surface area contributed by atoms with E-state index in [1.165, 1.54) is 0 Å². The second kappa shape index (κ2) is 11.0. The highest BCUT2D eigenvalue weighted by molar-refractivity contribution is 5.94. The average molecular weight is 360 g/mol. The first-order chi connectivity index (χ1) is 12.6. The van der Waals surface area contributed by atoms with Gasteiger partial charge in [-0.1, -0.05) is 17.7 Å². The summed E-state index contributed by atoms with van der Waals surface area (Å²) < 4.78 is 5.25. The van der Waals surface area contributed by atoms with Gasteiger partial charge in [0.05, 0.1) is 0 Å². The van der Waals surface area contributed by atoms with Crippen LogP contribution < -0.4 is 5.32 Å². The van der Waals surface area contributed by atoms with Gasteiger partial charge >= 0.3 is 0 Å². The highest BCUT2D eigenvalue weighted by atomic mass is 16.5. The number of nitrogens with one attached hydrogen (secondary N) is 1. The zero-order valence-corrected chi connectivity index (χ0v) is 16.1. The smallest absolute Gasteiger partial charge is 0.253 e. The first-order valence-electron chi connectivity index (χ1n) is 9.80. The van der Waals surface area contributed by atoms with Crippen LogP contribution in [0.2, 0.25) is 0 Å². The molecule has 2 rings (SSSR count). The molecule has 0 spiro atoms. The topological polar surface area (TPSA) is 58.6 Å². The second-order valence-electron chi connectivity index (χ2n) is 7.04. The van der Waals surface area contributed by atoms with Gasteiger partial charge in [0.15, 0.2) is 0 Å². The quantitative estimate of drug-likeness (QED) is 0.688. The van der Waals surface area contributed by atoms with Gasteiger partial charge in [0.2, 0.25) is 5.91 Å². The summed E-state index contributed by atoms with van der Waals surface area (Å²) in [5.74, 6) is 0.779. The van der Waals surface area contributed by atoms with Crippen LogP contribution in [0.15, 0.2) is 24.3 Å². The number of nitrogens with zero attached hydrogens (tertiary/aromatic N) is 1. The van der Waals surface area contributed by atoms with Crippen LogP contribution >= 0.6 is 0 Å². The molecule has 1 N–H and O–H groups in total. The molecule has 1 aromatic rings. The molecule has 144 valence electrons. The van der Waals surface area contributed by atoms with Crippen molar-refractivity contribution in [2.45, 2.75) is 46.0 Å². The molecule has 1 heterocycles. The molecule has 1 fully saturated rings. The molecule has 1 aliphatic heterocycles. The first-order valence-corrected chi connectivity index (χ1v) is 9.80. The fourth-order valence-corrected chi connectivity index (χ4v) is 3.27. The van der Waals surface area contributed by atoms with Crippen LogP contribution in [0.4, 0.5) is 0 Å². The minimum absolute atomic E-state index is 0.121. The van der Waals surface area contributed by atoms with Gasteiger partial charge in [-0.15, -0.1) is 0 Å². The fraction of sp³-hybridized carbons (Fsp3) is 0.619. The molecule has 0 radical (unpaired) electrons. The lowest BCUT2D eigenvalue weighted by Crippen LogP contribution is -2.38. The van der Waals surface area contributed by atoms with Gasteiger partial charge in [-0.25, -0.2) is 0 Å². The number of carbonyl (C=O) groups is 2. The molecule has 1 aliphatic rings. The summed E-state index contributed by atoms with van der Waals surface area (Å²) in [6.07, 6.45) is 4.30. The minimum atomic E-state index is 0.121. The highest BCUT2D eigenvalue weighted by Gasteiger charge is 2.23. The monoisotopic (exact) mass is 360 g/mol. The van der Waals surface area contributed by atoms with E-state index in [1.54, 1.807) is 0 Å². The minimum Gasteiger partial charge on any atom is -0.382 e. The molecule has 0 unspecified atom stereocenters. The van der Waals surface area contributed by atoms with Gasteiger partial charge in [0.25, 0.3) is 5.91 Å². The summed E-state index contributed by atoms with van der Waals surface area (Å²) in [4.78, 5) is 26.4. The van der Waals surface area contributed by atoms with E-state index in [1.807, 2.05) is 43.0 Å². The number of carbonyl (C=O) groups excluding carboxylic acids is 2. The van der Waals surface area contributed by atoms with E-state index in [2.05, 4.69) is 5.32 Å². The van der Waals surface area contributed by atoms with Crippen molar-refractivity contribution in [2.24, 2.45) is 5.92 Å². The molecule has 1 saturated heterocycles. The lowest BCUT2D eigenvalue weighted by Gasteiger charge is -2.32. The molecule has 5 nitrogen and oxygen atoms in total. The number of piperidine rings is 1. The molecule has 5 heteroatoms. The number of ether oxygens (including phenoxy) is 1. The third kappa shape index (κ3) is 6.79. The summed E-state index contributed by atoms with van der Waals surface area (Å²) in [5, 5.41) is 2.95. The Labute approximate surface area is 157 Å². The maximum absolute atomic E-state index is 12.5. The molecular formula is C21H32N2O3. The lowest BCUT2D eigenvalue weighted by atomic mass is 9.91. The van der Waals surface area contributed by atoms with Crippen molar-refractivity contribution in [1.29, 1.82) is 0 Å². The van der Waals surface area contributed by atoms with Crippen LogP contribution in [-0.4, -0.2) is 49.6 Å². The van der Waals surface area contributed by atoms with Crippen LogP contribution in [0, 0.1) is 12.8 Å². The van der Waals surface area contributed by atoms with Crippen LogP contribution in [0.3, 0.4) is 0 Å². The molecule has 0 bridgehead atoms. The molecule has 2 amide bonds. The molecule has 0 saturated carbocycles. The summed E-state index contributed by atoms with van der Waals surface area (Å²) in [7, 11) is 0. The van der Waals surface area contributed by atoms with E-state index >= 15 is 0 Å². The summed E-state index contributed by atoms with van der Waals surface area (Å²) in [6.45, 7) is 7.67. The van der Waals surface area contributed by atoms with Gasteiger partial charge in [0, 0.05) is 44.8 Å². The van der Waals surface area contributed by atoms with Gasteiger partial charge in [0.1, 0.15) is 0 Å². The van der Waals surface area contributed by atoms with E-state index in [-0.39, 0.29) is 11.8 Å². The van der Waals surface area contributed by atoms with Crippen molar-refractivity contribution in [3.05, 3.63) is 35.4 Å². The van der Waals surface area contributed by atoms with Crippen molar-refractivity contribution in [3.63, 3.8) is 0 Å². The molecule has 1 aromatic carbocycles. The zero-order chi connectivity index (χ0) is 18.8. The number of benzene rings is 1. The SMILES string of the molecule is CCOCCCNC(=O)CCC1CCN(C(=O)c2ccc(C)cc2)CC1. The predicted octanol–water partition coefficient (Wildman–Crippen LogP) is 3.17. The number of rotatable bonds is 9. The zero-order valence-electron chi connectivity index (χ0n) is 16.1. The predicted molar refractivity (Wildman–Crippen MR) is 103 cm³/mol. The Bertz CT molecular complexity index is 563. The molecular weight excluding hydrogens is 328 g/mol. The summed E-state index contributed by atoms with van der Waals surface area (Å²) >= 11 is 0. The Hall–Kier alpha value is -1.88. The van der Waals surface area contributed by atoms with E-state index in [4.69, 9.17) is 4.74 Å². The van der Waals surface area contributed by atoms with Crippen LogP contribution in [-0.2, 0) is 9.53 Å². The van der Waals surface area contributed by atoms with E-state index in [0.717, 1.165) is 56.5 Å². The number of amides is 2. The summed E-state index contributed by atoms with van der Waals surface area (Å²) in [5.41, 5.74) is 1.93. The van der Waals surface area contributed by atoms with Gasteiger partial charge in [-0.3, -0.25) is 9.59 Å². The van der Waals surface area contributed by atoms with Crippen molar-refractivity contribution >= 4 is 11.8 Å². The van der Waals surface area contributed by atoms with Crippen LogP contribution in [0.5, 0.6) is 0 Å². The van der Waals surface area contributed by atoms with E-state index in [9.17, 15) is 9.59 Å². The fourth-order valence-electron chi connectivity index (χ4n) is 3.27. The summed E-state index contributed by atoms with van der Waals surface area (Å²) in [6, 6.07) is 7.76. The number of aryl methyl sites for hydroxylation is 1. The normalized spacial score (nSPS) is 15.1. The third-order valence-electron chi connectivity index (χ3n) is 4.97. The largest absolute Gasteiger partial charge is 0.382 e. The van der Waals surface area contributed by atoms with Gasteiger partial charge in [-0.05, 0) is 57.6 Å². The number of hydrogen-bond acceptors (Lipinski definition) is 3. The Morgan fingerprint density at radius 3 is 2.54 bits per heavy atom. The molecule has 0 aromatic heterocycles. The van der Waals surface area contributed by atoms with Gasteiger partial charge < -0.3 is 15.0 Å². The maximum Gasteiger partial charge on any atom is 0.253 e. The Morgan fingerprint density at radius 2 is 1.88 bits per heavy atom. The Kier molecular flexibility index (Phi) is 8.62.